The van der Waals surface area contributed by atoms with Gasteiger partial charge in [-0.2, -0.15) is 0 Å². The number of hydrogen-bond donors (Lipinski definition) is 0. The molecule has 156 valence electrons. The number of carbonyl (C=O) groups excluding carboxylic acids is 1. The van der Waals surface area contributed by atoms with Gasteiger partial charge in [-0.15, -0.1) is 11.8 Å². The molecule has 2 unspecified atom stereocenters. The van der Waals surface area contributed by atoms with Crippen LogP contribution in [0.5, 0.6) is 0 Å². The monoisotopic (exact) mass is 411 g/mol. The van der Waals surface area contributed by atoms with Crippen molar-refractivity contribution in [1.82, 2.24) is 4.90 Å². The van der Waals surface area contributed by atoms with Crippen molar-refractivity contribution in [3.05, 3.63) is 71.8 Å². The van der Waals surface area contributed by atoms with Crippen molar-refractivity contribution >= 4 is 17.7 Å². The molecule has 29 heavy (non-hydrogen) atoms. The van der Waals surface area contributed by atoms with Crippen molar-refractivity contribution in [3.8, 4) is 0 Å². The van der Waals surface area contributed by atoms with Crippen LogP contribution in [0.1, 0.15) is 58.6 Å². The number of rotatable bonds is 6. The van der Waals surface area contributed by atoms with Crippen molar-refractivity contribution in [1.29, 1.82) is 0 Å². The molecule has 2 aromatic rings. The van der Waals surface area contributed by atoms with E-state index in [4.69, 9.17) is 4.74 Å². The predicted octanol–water partition coefficient (Wildman–Crippen LogP) is 5.91. The molecule has 0 aliphatic carbocycles. The molecule has 1 aliphatic rings. The molecule has 0 aromatic heterocycles. The third kappa shape index (κ3) is 4.70. The molecule has 0 spiro atoms. The Hall–Kier alpha value is -1.78. The van der Waals surface area contributed by atoms with Crippen LogP contribution in [0.15, 0.2) is 60.7 Å². The lowest BCUT2D eigenvalue weighted by molar-refractivity contribution is -0.155. The average molecular weight is 412 g/mol. The molecular formula is C25H33NO2S. The van der Waals surface area contributed by atoms with Crippen LogP contribution in [0.2, 0.25) is 0 Å². The Kier molecular flexibility index (Phi) is 6.75. The first-order valence-corrected chi connectivity index (χ1v) is 11.4. The van der Waals surface area contributed by atoms with E-state index in [0.717, 1.165) is 11.1 Å². The van der Waals surface area contributed by atoms with Crippen LogP contribution in [0.3, 0.4) is 0 Å². The fraction of sp³-hybridized carbons (Fsp3) is 0.480. The Labute approximate surface area is 179 Å². The van der Waals surface area contributed by atoms with Crippen LogP contribution < -0.4 is 0 Å². The van der Waals surface area contributed by atoms with Gasteiger partial charge in [-0.25, -0.2) is 0 Å². The molecular weight excluding hydrogens is 378 g/mol. The Bertz CT molecular complexity index is 765. The lowest BCUT2D eigenvalue weighted by atomic mass is 9.89. The first kappa shape index (κ1) is 21.9. The molecule has 0 saturated carbocycles. The van der Waals surface area contributed by atoms with Crippen molar-refractivity contribution in [2.75, 3.05) is 0 Å². The third-order valence-electron chi connectivity index (χ3n) is 5.28. The van der Waals surface area contributed by atoms with Gasteiger partial charge in [0.25, 0.3) is 0 Å². The van der Waals surface area contributed by atoms with Gasteiger partial charge in [0, 0.05) is 0 Å². The highest BCUT2D eigenvalue weighted by molar-refractivity contribution is 8.01. The predicted molar refractivity (Wildman–Crippen MR) is 122 cm³/mol. The van der Waals surface area contributed by atoms with Crippen LogP contribution in [0, 0.1) is 5.92 Å². The summed E-state index contributed by atoms with van der Waals surface area (Å²) in [6, 6.07) is 20.2. The number of hydrogen-bond acceptors (Lipinski definition) is 3. The summed E-state index contributed by atoms with van der Waals surface area (Å²) < 4.78 is 6.17. The summed E-state index contributed by atoms with van der Waals surface area (Å²) in [5, 5.41) is 0.0798. The number of nitrogens with zero attached hydrogens (tertiary/aromatic N) is 1. The minimum atomic E-state index is -0.341. The van der Waals surface area contributed by atoms with Gasteiger partial charge in [0.05, 0.1) is 22.1 Å². The van der Waals surface area contributed by atoms with Crippen LogP contribution in [-0.2, 0) is 9.53 Å². The Morgan fingerprint density at radius 1 is 0.931 bits per heavy atom. The van der Waals surface area contributed by atoms with E-state index in [2.05, 4.69) is 27.7 Å². The quantitative estimate of drug-likeness (QED) is 0.592. The van der Waals surface area contributed by atoms with Gasteiger partial charge in [-0.1, -0.05) is 74.5 Å². The highest BCUT2D eigenvalue weighted by Crippen LogP contribution is 2.49. The highest BCUT2D eigenvalue weighted by Gasteiger charge is 2.52. The Morgan fingerprint density at radius 2 is 1.41 bits per heavy atom. The van der Waals surface area contributed by atoms with Crippen molar-refractivity contribution in [2.24, 2.45) is 5.92 Å². The second kappa shape index (κ2) is 8.93. The zero-order chi connectivity index (χ0) is 21.2. The Balaban J connectivity index is 2.08. The molecule has 0 N–H and O–H groups in total. The summed E-state index contributed by atoms with van der Waals surface area (Å²) in [5.74, 6) is 0.104. The summed E-state index contributed by atoms with van der Waals surface area (Å²) in [5.41, 5.74) is 2.04. The molecule has 1 saturated heterocycles. The second-order valence-electron chi connectivity index (χ2n) is 8.89. The fourth-order valence-electron chi connectivity index (χ4n) is 4.00. The lowest BCUT2D eigenvalue weighted by Crippen LogP contribution is -2.51. The zero-order valence-electron chi connectivity index (χ0n) is 18.3. The van der Waals surface area contributed by atoms with Crippen LogP contribution in [0.4, 0.5) is 0 Å². The smallest absolute Gasteiger partial charge is 0.237 e. The summed E-state index contributed by atoms with van der Waals surface area (Å²) in [6.07, 6.45) is -0.213. The third-order valence-corrected chi connectivity index (χ3v) is 7.11. The van der Waals surface area contributed by atoms with Gasteiger partial charge in [-0.05, 0) is 44.7 Å². The largest absolute Gasteiger partial charge is 0.354 e. The maximum atomic E-state index is 14.2. The molecule has 4 heteroatoms. The van der Waals surface area contributed by atoms with Gasteiger partial charge in [0.1, 0.15) is 6.23 Å². The molecule has 2 aromatic carbocycles. The molecule has 0 bridgehead atoms. The van der Waals surface area contributed by atoms with E-state index in [0.29, 0.717) is 5.92 Å². The number of ether oxygens (including phenoxy) is 1. The van der Waals surface area contributed by atoms with Crippen LogP contribution in [0.25, 0.3) is 0 Å². The van der Waals surface area contributed by atoms with Crippen molar-refractivity contribution in [3.63, 3.8) is 0 Å². The van der Waals surface area contributed by atoms with Gasteiger partial charge in [0.15, 0.2) is 0 Å². The number of benzene rings is 2. The normalized spacial score (nSPS) is 21.3. The van der Waals surface area contributed by atoms with Gasteiger partial charge < -0.3 is 9.64 Å². The number of carbonyl (C=O) groups is 1. The summed E-state index contributed by atoms with van der Waals surface area (Å²) in [7, 11) is 0. The molecule has 3 rings (SSSR count). The van der Waals surface area contributed by atoms with Crippen LogP contribution in [-0.4, -0.2) is 33.3 Å². The van der Waals surface area contributed by atoms with Crippen molar-refractivity contribution in [2.45, 2.75) is 69.9 Å². The molecule has 0 radical (unpaired) electrons. The van der Waals surface area contributed by atoms with Crippen molar-refractivity contribution < 1.29 is 9.53 Å². The average Bonchev–Trinajstić information content (AvgIpc) is 2.94. The molecule has 1 aliphatic heterocycles. The lowest BCUT2D eigenvalue weighted by Gasteiger charge is -2.37. The minimum absolute atomic E-state index is 0.0491. The molecule has 1 heterocycles. The number of amides is 1. The summed E-state index contributed by atoms with van der Waals surface area (Å²) >= 11 is 1.85. The van der Waals surface area contributed by atoms with E-state index in [1.807, 2.05) is 91.2 Å². The topological polar surface area (TPSA) is 29.5 Å². The van der Waals surface area contributed by atoms with E-state index in [-0.39, 0.29) is 34.3 Å². The molecule has 3 nitrogen and oxygen atoms in total. The minimum Gasteiger partial charge on any atom is -0.354 e. The molecule has 1 fully saturated rings. The number of thioether (sulfide) groups is 1. The van der Waals surface area contributed by atoms with Gasteiger partial charge >= 0.3 is 0 Å². The second-order valence-corrected chi connectivity index (χ2v) is 10.7. The first-order valence-electron chi connectivity index (χ1n) is 10.5. The van der Waals surface area contributed by atoms with Crippen LogP contribution >= 0.6 is 11.8 Å². The maximum absolute atomic E-state index is 14.2. The highest BCUT2D eigenvalue weighted by atomic mass is 32.2. The van der Waals surface area contributed by atoms with E-state index in [1.54, 1.807) is 0 Å². The molecule has 2 atom stereocenters. The van der Waals surface area contributed by atoms with E-state index in [1.165, 1.54) is 0 Å². The van der Waals surface area contributed by atoms with E-state index < -0.39 is 0 Å². The maximum Gasteiger partial charge on any atom is 0.237 e. The Morgan fingerprint density at radius 3 is 1.83 bits per heavy atom. The van der Waals surface area contributed by atoms with Gasteiger partial charge in [0.2, 0.25) is 5.91 Å². The van der Waals surface area contributed by atoms with Gasteiger partial charge in [-0.3, -0.25) is 4.79 Å². The molecule has 1 amide bonds. The van der Waals surface area contributed by atoms with E-state index in [9.17, 15) is 4.79 Å². The van der Waals surface area contributed by atoms with E-state index >= 15 is 0 Å². The fourth-order valence-corrected chi connectivity index (χ4v) is 5.51. The SMILES string of the molecule is CC(C)OC1N(C(=O)C(c2ccccc2)c2ccccc2)C(C(C)C)SC1(C)C. The standard InChI is InChI=1S/C25H33NO2S/c1-17(2)23-26(24(28-18(3)4)25(5,6)29-23)22(27)21(19-13-9-7-10-14-19)20-15-11-8-12-16-20/h7-18,21,23-24H,1-6H3. The first-order chi connectivity index (χ1) is 13.7. The summed E-state index contributed by atoms with van der Waals surface area (Å²) in [6.45, 7) is 12.8. The summed E-state index contributed by atoms with van der Waals surface area (Å²) in [4.78, 5) is 16.2. The zero-order valence-corrected chi connectivity index (χ0v) is 19.1.